The van der Waals surface area contributed by atoms with E-state index in [1.165, 1.54) is 24.6 Å². The second-order valence-corrected chi connectivity index (χ2v) is 9.74. The van der Waals surface area contributed by atoms with Crippen LogP contribution in [0, 0.1) is 5.92 Å². The molecular weight excluding hydrogens is 507 g/mol. The van der Waals surface area contributed by atoms with Gasteiger partial charge in [-0.25, -0.2) is 4.79 Å². The molecule has 0 aromatic rings. The lowest BCUT2D eigenvalue weighted by molar-refractivity contribution is 0.238. The van der Waals surface area contributed by atoms with Crippen molar-refractivity contribution >= 4 is 29.2 Å². The number of hydrogen-bond donors (Lipinski definition) is 4. The van der Waals surface area contributed by atoms with Crippen LogP contribution in [0.1, 0.15) is 61.3 Å². The molecule has 0 radical (unpaired) electrons. The van der Waals surface area contributed by atoms with Gasteiger partial charge in [0.25, 0.3) is 0 Å². The van der Waals surface area contributed by atoms with E-state index >= 15 is 0 Å². The van der Waals surface area contributed by atoms with Crippen LogP contribution in [-0.4, -0.2) is 67.2 Å². The fourth-order valence-electron chi connectivity index (χ4n) is 2.85. The van der Waals surface area contributed by atoms with Crippen LogP contribution in [-0.2, 0) is 0 Å². The van der Waals surface area contributed by atoms with E-state index in [0.29, 0.717) is 25.0 Å². The Balaban J connectivity index is -0.000000562. The third-order valence-electron chi connectivity index (χ3n) is 5.24. The lowest BCUT2D eigenvalue weighted by atomic mass is 10.1. The molecule has 2 amide bonds. The molecule has 0 aromatic heterocycles. The second-order valence-electron chi connectivity index (χ2n) is 8.49. The van der Waals surface area contributed by atoms with Gasteiger partial charge in [0.2, 0.25) is 0 Å². The molecule has 0 spiro atoms. The number of rotatable bonds is 11. The molecule has 216 valence electrons. The topological polar surface area (TPSA) is 76.6 Å². The lowest BCUT2D eigenvalue weighted by Crippen LogP contribution is -2.38. The first kappa shape index (κ1) is 39.8. The van der Waals surface area contributed by atoms with Gasteiger partial charge in [-0.2, -0.15) is 0 Å². The van der Waals surface area contributed by atoms with Crippen LogP contribution >= 0.6 is 23.2 Å². The Morgan fingerprint density at radius 2 is 1.86 bits per heavy atom. The maximum atomic E-state index is 11.4. The second kappa shape index (κ2) is 28.8. The summed E-state index contributed by atoms with van der Waals surface area (Å²) in [4.78, 5) is 13.9. The number of carbonyl (C=O) groups is 1. The Morgan fingerprint density at radius 3 is 2.30 bits per heavy atom. The molecule has 37 heavy (non-hydrogen) atoms. The van der Waals surface area contributed by atoms with Gasteiger partial charge in [-0.1, -0.05) is 68.8 Å². The van der Waals surface area contributed by atoms with Gasteiger partial charge in [0.1, 0.15) is 0 Å². The Bertz CT molecular complexity index is 673. The zero-order chi connectivity index (χ0) is 29.1. The first-order valence-electron chi connectivity index (χ1n) is 13.2. The van der Waals surface area contributed by atoms with Gasteiger partial charge in [0.05, 0.1) is 11.6 Å². The predicted molar refractivity (Wildman–Crippen MR) is 166 cm³/mol. The number of allylic oxidation sites excluding steroid dienone is 7. The zero-order valence-electron chi connectivity index (χ0n) is 24.5. The first-order chi connectivity index (χ1) is 17.6. The minimum absolute atomic E-state index is 0.154. The number of likely N-dealkylation sites (N-methyl/N-ethyl adjacent to an activating group) is 1. The van der Waals surface area contributed by atoms with Gasteiger partial charge in [0.15, 0.2) is 0 Å². The number of urea groups is 1. The molecule has 0 bridgehead atoms. The number of nitrogens with zero attached hydrogens (tertiary/aromatic N) is 1. The highest BCUT2D eigenvalue weighted by atomic mass is 35.5. The molecule has 0 aliphatic carbocycles. The lowest BCUT2D eigenvalue weighted by Gasteiger charge is -2.19. The highest BCUT2D eigenvalue weighted by molar-refractivity contribution is 6.29. The van der Waals surface area contributed by atoms with Crippen molar-refractivity contribution in [2.24, 2.45) is 5.92 Å². The van der Waals surface area contributed by atoms with Gasteiger partial charge < -0.3 is 26.0 Å². The summed E-state index contributed by atoms with van der Waals surface area (Å²) in [5.41, 5.74) is 1.20. The summed E-state index contributed by atoms with van der Waals surface area (Å²) in [6.45, 7) is 21.8. The Morgan fingerprint density at radius 1 is 1.22 bits per heavy atom. The highest BCUT2D eigenvalue weighted by Crippen LogP contribution is 2.11. The molecule has 1 fully saturated rings. The van der Waals surface area contributed by atoms with E-state index in [0.717, 1.165) is 30.8 Å². The van der Waals surface area contributed by atoms with Crippen LogP contribution in [0.15, 0.2) is 59.9 Å². The van der Waals surface area contributed by atoms with E-state index in [1.54, 1.807) is 12.2 Å². The third kappa shape index (κ3) is 28.7. The minimum Gasteiger partial charge on any atom is -0.516 e. The average molecular weight is 562 g/mol. The van der Waals surface area contributed by atoms with Crippen LogP contribution in [0.5, 0.6) is 0 Å². The number of alkyl halides is 1. The van der Waals surface area contributed by atoms with Crippen molar-refractivity contribution in [3.63, 3.8) is 0 Å². The van der Waals surface area contributed by atoms with Crippen molar-refractivity contribution in [1.82, 2.24) is 20.9 Å². The van der Waals surface area contributed by atoms with E-state index in [2.05, 4.69) is 34.4 Å². The highest BCUT2D eigenvalue weighted by Gasteiger charge is 2.20. The summed E-state index contributed by atoms with van der Waals surface area (Å²) in [7, 11) is 2.02. The van der Waals surface area contributed by atoms with Crippen molar-refractivity contribution in [1.29, 1.82) is 0 Å². The van der Waals surface area contributed by atoms with Gasteiger partial charge in [-0.05, 0) is 78.7 Å². The minimum atomic E-state index is -0.189. The van der Waals surface area contributed by atoms with Crippen LogP contribution in [0.2, 0.25) is 0 Å². The molecule has 0 aromatic carbocycles. The first-order valence-corrected chi connectivity index (χ1v) is 14.0. The smallest absolute Gasteiger partial charge is 0.315 e. The normalized spacial score (nSPS) is 17.5. The summed E-state index contributed by atoms with van der Waals surface area (Å²) in [5.74, 6) is 0.461. The van der Waals surface area contributed by atoms with Crippen molar-refractivity contribution in [2.75, 3.05) is 39.8 Å². The molecule has 6 nitrogen and oxygen atoms in total. The summed E-state index contributed by atoms with van der Waals surface area (Å²) in [6, 6.07) is 0.445. The third-order valence-corrected chi connectivity index (χ3v) is 5.71. The van der Waals surface area contributed by atoms with Gasteiger partial charge in [-0.3, -0.25) is 0 Å². The quantitative estimate of drug-likeness (QED) is 0.123. The van der Waals surface area contributed by atoms with E-state index in [-0.39, 0.29) is 11.4 Å². The van der Waals surface area contributed by atoms with Crippen LogP contribution in [0.4, 0.5) is 4.79 Å². The number of nitrogens with one attached hydrogen (secondary N) is 3. The van der Waals surface area contributed by atoms with Crippen molar-refractivity contribution < 1.29 is 9.90 Å². The molecule has 4 N–H and O–H groups in total. The molecule has 1 aliphatic rings. The monoisotopic (exact) mass is 560 g/mol. The number of aliphatic hydroxyl groups excluding tert-OH is 1. The number of hydrogen-bond acceptors (Lipinski definition) is 4. The summed E-state index contributed by atoms with van der Waals surface area (Å²) in [6.07, 6.45) is 14.1. The molecule has 1 rings (SSSR count). The van der Waals surface area contributed by atoms with Crippen LogP contribution in [0.25, 0.3) is 0 Å². The summed E-state index contributed by atoms with van der Waals surface area (Å²) >= 11 is 11.1. The molecule has 1 heterocycles. The molecule has 1 saturated heterocycles. The summed E-state index contributed by atoms with van der Waals surface area (Å²) < 4.78 is 0. The molecule has 3 atom stereocenters. The van der Waals surface area contributed by atoms with Crippen LogP contribution in [0.3, 0.4) is 0 Å². The zero-order valence-corrected chi connectivity index (χ0v) is 26.0. The molecule has 1 aliphatic heterocycles. The number of halogens is 2. The fraction of sp³-hybridized carbons (Fsp3) is 0.621. The number of aliphatic hydroxyl groups is 1. The molecular formula is C29H54Cl2N4O2. The Labute approximate surface area is 237 Å². The number of amides is 2. The van der Waals surface area contributed by atoms with Crippen molar-refractivity contribution in [3.8, 4) is 0 Å². The molecule has 3 unspecified atom stereocenters. The molecule has 0 saturated carbocycles. The van der Waals surface area contributed by atoms with Gasteiger partial charge >= 0.3 is 6.03 Å². The largest absolute Gasteiger partial charge is 0.516 e. The predicted octanol–water partition coefficient (Wildman–Crippen LogP) is 7.15. The van der Waals surface area contributed by atoms with E-state index in [4.69, 9.17) is 28.3 Å². The Kier molecular flexibility index (Phi) is 31.0. The summed E-state index contributed by atoms with van der Waals surface area (Å²) in [5, 5.41) is 18.2. The average Bonchev–Trinajstić information content (AvgIpc) is 3.35. The van der Waals surface area contributed by atoms with Crippen molar-refractivity contribution in [2.45, 2.75) is 72.7 Å². The SMILES string of the molecule is C/C=C\C=C(\C)C(C)Cl.C=C/C=C(\C)Cl.CC.CNC1CCN(CCC(C)CNC(=O)NC/C=C/O)C1. The maximum absolute atomic E-state index is 11.4. The molecule has 8 heteroatoms. The fourth-order valence-corrected chi connectivity index (χ4v) is 3.01. The standard InChI is InChI=1S/C14H28N4O2.C8H13Cl.C5H7Cl.C2H6/c1-12(10-17-14(20)16-6-3-9-19)4-7-18-8-5-13(11-18)15-2;1-4-5-6-7(2)8(3)9;1-3-4-5(2)6;1-2/h3,9,12-13,15,19H,4-8,10-11H2,1-2H3,(H2,16,17,20);4-6,8H,1-3H3;3-4H,1H2,2H3;1-2H3/b9-3+;5-4-,7-6-;5-4+;. The van der Waals surface area contributed by atoms with E-state index < -0.39 is 0 Å². The van der Waals surface area contributed by atoms with Gasteiger partial charge in [-0.15, -0.1) is 11.6 Å². The maximum Gasteiger partial charge on any atom is 0.315 e. The van der Waals surface area contributed by atoms with Gasteiger partial charge in [0, 0.05) is 30.7 Å². The van der Waals surface area contributed by atoms with Crippen LogP contribution < -0.4 is 16.0 Å². The van der Waals surface area contributed by atoms with Crippen molar-refractivity contribution in [3.05, 3.63) is 59.9 Å². The number of carbonyl (C=O) groups excluding carboxylic acids is 1. The Hall–Kier alpha value is -1.73. The van der Waals surface area contributed by atoms with E-state index in [1.807, 2.05) is 66.8 Å². The van der Waals surface area contributed by atoms with E-state index in [9.17, 15) is 4.79 Å². The number of likely N-dealkylation sites (tertiary alicyclic amines) is 1.